The highest BCUT2D eigenvalue weighted by molar-refractivity contribution is 6.19. The lowest BCUT2D eigenvalue weighted by Gasteiger charge is -2.28. The van der Waals surface area contributed by atoms with Crippen molar-refractivity contribution in [3.05, 3.63) is 212 Å². The number of nitrogens with zero attached hydrogens (tertiary/aromatic N) is 3. The monoisotopic (exact) mass is 729 g/mol. The number of hydrogen-bond donors (Lipinski definition) is 0. The average molecular weight is 730 g/mol. The van der Waals surface area contributed by atoms with Crippen LogP contribution in [0.4, 0.5) is 17.1 Å². The van der Waals surface area contributed by atoms with Crippen LogP contribution in [0.15, 0.2) is 217 Å². The second kappa shape index (κ2) is 13.6. The third kappa shape index (κ3) is 5.58. The zero-order chi connectivity index (χ0) is 37.7. The third-order valence-electron chi connectivity index (χ3n) is 11.0. The van der Waals surface area contributed by atoms with E-state index < -0.39 is 0 Å². The van der Waals surface area contributed by atoms with Crippen molar-refractivity contribution < 1.29 is 4.42 Å². The van der Waals surface area contributed by atoms with E-state index in [9.17, 15) is 0 Å². The van der Waals surface area contributed by atoms with Gasteiger partial charge in [-0.3, -0.25) is 0 Å². The summed E-state index contributed by atoms with van der Waals surface area (Å²) in [7, 11) is 0. The second-order valence-electron chi connectivity index (χ2n) is 14.4. The Bertz CT molecular complexity index is 3220. The summed E-state index contributed by atoms with van der Waals surface area (Å²) >= 11 is 0. The Hall–Kier alpha value is -7.69. The van der Waals surface area contributed by atoms with Gasteiger partial charge in [-0.15, -0.1) is 0 Å². The van der Waals surface area contributed by atoms with E-state index in [1.807, 2.05) is 36.4 Å². The number of anilines is 3. The number of aromatic nitrogens is 2. The first kappa shape index (κ1) is 32.7. The smallest absolute Gasteiger partial charge is 0.227 e. The molecule has 0 amide bonds. The van der Waals surface area contributed by atoms with Crippen molar-refractivity contribution in [1.29, 1.82) is 0 Å². The molecule has 0 unspecified atom stereocenters. The average Bonchev–Trinajstić information content (AvgIpc) is 3.88. The van der Waals surface area contributed by atoms with Gasteiger partial charge in [-0.25, -0.2) is 4.98 Å². The van der Waals surface area contributed by atoms with Crippen molar-refractivity contribution in [2.45, 2.75) is 0 Å². The molecular formula is C53H35N3O. The standard InChI is InChI=1S/C53H35N3O/c1-4-15-36(16-5-1)37-27-30-41(31-28-37)55(49-26-13-12-23-44(49)46-24-14-25-48-52(46)57-53(54-48)39-18-6-2-7-19-39)42-32-34-50-47(35-42)45-33-29-38-17-10-11-22-43(38)51(45)56(50)40-20-8-3-9-21-40/h1-35H. The van der Waals surface area contributed by atoms with Crippen LogP contribution in [0.2, 0.25) is 0 Å². The van der Waals surface area contributed by atoms with Crippen molar-refractivity contribution >= 4 is 60.7 Å². The molecule has 0 aliphatic rings. The van der Waals surface area contributed by atoms with Gasteiger partial charge in [-0.2, -0.15) is 0 Å². The van der Waals surface area contributed by atoms with Crippen molar-refractivity contribution in [2.75, 3.05) is 4.90 Å². The fourth-order valence-corrected chi connectivity index (χ4v) is 8.38. The van der Waals surface area contributed by atoms with Crippen LogP contribution in [0.3, 0.4) is 0 Å². The first-order valence-electron chi connectivity index (χ1n) is 19.3. The Labute approximate surface area is 330 Å². The minimum Gasteiger partial charge on any atom is -0.435 e. The Morgan fingerprint density at radius 1 is 0.439 bits per heavy atom. The summed E-state index contributed by atoms with van der Waals surface area (Å²) in [6.07, 6.45) is 0. The van der Waals surface area contributed by atoms with Gasteiger partial charge in [0.05, 0.1) is 16.7 Å². The Balaban J connectivity index is 1.15. The summed E-state index contributed by atoms with van der Waals surface area (Å²) in [5, 5.41) is 4.84. The van der Waals surface area contributed by atoms with Gasteiger partial charge in [0.25, 0.3) is 0 Å². The molecule has 0 bridgehead atoms. The summed E-state index contributed by atoms with van der Waals surface area (Å²) in [5.41, 5.74) is 13.5. The molecule has 4 nitrogen and oxygen atoms in total. The number of para-hydroxylation sites is 3. The van der Waals surface area contributed by atoms with E-state index in [1.54, 1.807) is 0 Å². The second-order valence-corrected chi connectivity index (χ2v) is 14.4. The maximum Gasteiger partial charge on any atom is 0.227 e. The quantitative estimate of drug-likeness (QED) is 0.164. The van der Waals surface area contributed by atoms with Crippen molar-refractivity contribution in [2.24, 2.45) is 0 Å². The molecule has 0 atom stereocenters. The molecule has 0 saturated heterocycles. The molecule has 0 aliphatic heterocycles. The van der Waals surface area contributed by atoms with Crippen LogP contribution in [0.1, 0.15) is 0 Å². The fraction of sp³-hybridized carbons (Fsp3) is 0. The summed E-state index contributed by atoms with van der Waals surface area (Å²) < 4.78 is 9.02. The van der Waals surface area contributed by atoms with Crippen LogP contribution in [0.25, 0.3) is 83.1 Å². The highest BCUT2D eigenvalue weighted by Gasteiger charge is 2.23. The van der Waals surface area contributed by atoms with Crippen LogP contribution in [-0.2, 0) is 0 Å². The van der Waals surface area contributed by atoms with Crippen LogP contribution in [0.5, 0.6) is 0 Å². The summed E-state index contributed by atoms with van der Waals surface area (Å²) in [6.45, 7) is 0. The SMILES string of the molecule is c1ccc(-c2ccc(N(c3ccc4c(c3)c3ccc5ccccc5c3n4-c3ccccc3)c3ccccc3-c3cccc4nc(-c5ccccc5)oc34)cc2)cc1. The van der Waals surface area contributed by atoms with E-state index in [-0.39, 0.29) is 0 Å². The first-order valence-corrected chi connectivity index (χ1v) is 19.3. The van der Waals surface area contributed by atoms with Gasteiger partial charge in [-0.1, -0.05) is 146 Å². The largest absolute Gasteiger partial charge is 0.435 e. The van der Waals surface area contributed by atoms with Crippen LogP contribution >= 0.6 is 0 Å². The lowest BCUT2D eigenvalue weighted by Crippen LogP contribution is -2.11. The maximum atomic E-state index is 6.60. The molecule has 0 spiro atoms. The fourth-order valence-electron chi connectivity index (χ4n) is 8.38. The highest BCUT2D eigenvalue weighted by Crippen LogP contribution is 2.46. The number of rotatable bonds is 7. The molecule has 0 fully saturated rings. The molecule has 0 N–H and O–H groups in total. The van der Waals surface area contributed by atoms with Crippen LogP contribution < -0.4 is 4.90 Å². The molecule has 9 aromatic carbocycles. The highest BCUT2D eigenvalue weighted by atomic mass is 16.3. The molecule has 2 aromatic heterocycles. The third-order valence-corrected chi connectivity index (χ3v) is 11.0. The van der Waals surface area contributed by atoms with E-state index >= 15 is 0 Å². The lowest BCUT2D eigenvalue weighted by molar-refractivity contribution is 0.621. The van der Waals surface area contributed by atoms with E-state index in [4.69, 9.17) is 9.40 Å². The normalized spacial score (nSPS) is 11.5. The molecule has 11 aromatic rings. The predicted molar refractivity (Wildman–Crippen MR) is 237 cm³/mol. The maximum absolute atomic E-state index is 6.60. The molecule has 4 heteroatoms. The molecule has 57 heavy (non-hydrogen) atoms. The van der Waals surface area contributed by atoms with E-state index in [0.717, 1.165) is 56.1 Å². The topological polar surface area (TPSA) is 34.2 Å². The summed E-state index contributed by atoms with van der Waals surface area (Å²) in [5.74, 6) is 0.608. The minimum atomic E-state index is 0.608. The van der Waals surface area contributed by atoms with Gasteiger partial charge >= 0.3 is 0 Å². The first-order chi connectivity index (χ1) is 28.3. The van der Waals surface area contributed by atoms with Crippen molar-refractivity contribution in [3.63, 3.8) is 0 Å². The van der Waals surface area contributed by atoms with E-state index in [0.29, 0.717) is 5.89 Å². The Kier molecular flexibility index (Phi) is 7.78. The van der Waals surface area contributed by atoms with Crippen molar-refractivity contribution in [3.8, 4) is 39.4 Å². The molecule has 0 aliphatic carbocycles. The number of hydrogen-bond acceptors (Lipinski definition) is 3. The predicted octanol–water partition coefficient (Wildman–Crippen LogP) is 14.5. The summed E-state index contributed by atoms with van der Waals surface area (Å²) in [6, 6.07) is 75.2. The molecule has 0 saturated carbocycles. The summed E-state index contributed by atoms with van der Waals surface area (Å²) in [4.78, 5) is 7.31. The molecule has 2 heterocycles. The number of fused-ring (bicyclic) bond motifs is 6. The molecule has 0 radical (unpaired) electrons. The molecule has 268 valence electrons. The van der Waals surface area contributed by atoms with Crippen molar-refractivity contribution in [1.82, 2.24) is 9.55 Å². The van der Waals surface area contributed by atoms with Crippen LogP contribution in [-0.4, -0.2) is 9.55 Å². The number of oxazole rings is 1. The minimum absolute atomic E-state index is 0.608. The van der Waals surface area contributed by atoms with Crippen LogP contribution in [0, 0.1) is 0 Å². The van der Waals surface area contributed by atoms with Gasteiger partial charge in [0.1, 0.15) is 5.52 Å². The number of benzene rings is 9. The van der Waals surface area contributed by atoms with Gasteiger partial charge in [0, 0.05) is 49.9 Å². The molecule has 11 rings (SSSR count). The van der Waals surface area contributed by atoms with E-state index in [1.165, 1.54) is 38.2 Å². The van der Waals surface area contributed by atoms with Gasteiger partial charge in [0.2, 0.25) is 5.89 Å². The van der Waals surface area contributed by atoms with Gasteiger partial charge in [0.15, 0.2) is 5.58 Å². The zero-order valence-electron chi connectivity index (χ0n) is 31.0. The zero-order valence-corrected chi connectivity index (χ0v) is 31.0. The molecular weight excluding hydrogens is 695 g/mol. The van der Waals surface area contributed by atoms with E-state index in [2.05, 4.69) is 185 Å². The Morgan fingerprint density at radius 2 is 1.09 bits per heavy atom. The Morgan fingerprint density at radius 3 is 1.89 bits per heavy atom. The lowest BCUT2D eigenvalue weighted by atomic mass is 10.00. The van der Waals surface area contributed by atoms with Gasteiger partial charge < -0.3 is 13.9 Å². The van der Waals surface area contributed by atoms with Gasteiger partial charge in [-0.05, 0) is 83.2 Å².